The van der Waals surface area contributed by atoms with Crippen molar-refractivity contribution in [2.24, 2.45) is 5.92 Å². The lowest BCUT2D eigenvalue weighted by Crippen LogP contribution is -2.42. The lowest BCUT2D eigenvalue weighted by molar-refractivity contribution is -0.137. The molecule has 6 nitrogen and oxygen atoms in total. The third-order valence-corrected chi connectivity index (χ3v) is 6.45. The van der Waals surface area contributed by atoms with Gasteiger partial charge in [-0.3, -0.25) is 0 Å². The third-order valence-electron chi connectivity index (χ3n) is 6.45. The summed E-state index contributed by atoms with van der Waals surface area (Å²) < 4.78 is 40.8. The highest BCUT2D eigenvalue weighted by Gasteiger charge is 2.33. The molecule has 0 radical (unpaired) electrons. The molecule has 5 rings (SSSR count). The molecule has 1 saturated heterocycles. The van der Waals surface area contributed by atoms with Crippen molar-refractivity contribution < 1.29 is 18.3 Å². The molecule has 2 atom stereocenters. The quantitative estimate of drug-likeness (QED) is 0.607. The highest BCUT2D eigenvalue weighted by molar-refractivity contribution is 5.88. The average Bonchev–Trinajstić information content (AvgIpc) is 3.54. The Morgan fingerprint density at radius 3 is 2.56 bits per heavy atom. The Balaban J connectivity index is 1.41. The largest absolute Gasteiger partial charge is 0.416 e. The summed E-state index contributed by atoms with van der Waals surface area (Å²) in [4.78, 5) is 11.2. The standard InChI is InChI=1S/C23H26F3N5O/c24-23(25,26)17-3-1-15(2-4-17)12-31(18-5-6-18)22-19-8-10-30(21(19)28-14-29-22)13-16-7-9-27-11-20(16)32/h1-4,8,10,14,16,18,20,27,32H,5-7,9,11-13H2/t16-,20+/m0/s1. The SMILES string of the molecule is O[C@@H]1CNCC[C@H]1Cn1ccc2c(N(Cc3ccc(C(F)(F)F)cc3)C3CC3)ncnc21. The Morgan fingerprint density at radius 1 is 1.09 bits per heavy atom. The van der Waals surface area contributed by atoms with Crippen molar-refractivity contribution in [1.82, 2.24) is 19.9 Å². The maximum Gasteiger partial charge on any atom is 0.416 e. The van der Waals surface area contributed by atoms with Gasteiger partial charge in [0.05, 0.1) is 17.1 Å². The van der Waals surface area contributed by atoms with E-state index >= 15 is 0 Å². The molecule has 2 fully saturated rings. The molecule has 3 heterocycles. The van der Waals surface area contributed by atoms with E-state index in [0.717, 1.165) is 60.4 Å². The van der Waals surface area contributed by atoms with Crippen LogP contribution < -0.4 is 10.2 Å². The number of aromatic nitrogens is 3. The van der Waals surface area contributed by atoms with Crippen LogP contribution >= 0.6 is 0 Å². The first-order valence-corrected chi connectivity index (χ1v) is 11.0. The molecule has 2 aromatic heterocycles. The van der Waals surface area contributed by atoms with Crippen molar-refractivity contribution in [3.63, 3.8) is 0 Å². The van der Waals surface area contributed by atoms with Gasteiger partial charge in [-0.15, -0.1) is 0 Å². The molecular weight excluding hydrogens is 419 g/mol. The van der Waals surface area contributed by atoms with E-state index in [0.29, 0.717) is 25.7 Å². The lowest BCUT2D eigenvalue weighted by Gasteiger charge is -2.28. The summed E-state index contributed by atoms with van der Waals surface area (Å²) in [6.45, 7) is 2.68. The van der Waals surface area contributed by atoms with Crippen LogP contribution in [0.25, 0.3) is 11.0 Å². The Morgan fingerprint density at radius 2 is 1.88 bits per heavy atom. The zero-order valence-corrected chi connectivity index (χ0v) is 17.6. The van der Waals surface area contributed by atoms with Gasteiger partial charge >= 0.3 is 6.18 Å². The minimum Gasteiger partial charge on any atom is -0.391 e. The fourth-order valence-electron chi connectivity index (χ4n) is 4.49. The van der Waals surface area contributed by atoms with Gasteiger partial charge in [-0.05, 0) is 49.6 Å². The normalized spacial score (nSPS) is 21.8. The zero-order valence-electron chi connectivity index (χ0n) is 17.6. The monoisotopic (exact) mass is 445 g/mol. The van der Waals surface area contributed by atoms with Gasteiger partial charge in [0.15, 0.2) is 0 Å². The number of benzene rings is 1. The molecule has 0 bridgehead atoms. The van der Waals surface area contributed by atoms with E-state index in [1.54, 1.807) is 18.5 Å². The van der Waals surface area contributed by atoms with Crippen molar-refractivity contribution in [2.45, 2.75) is 50.7 Å². The first kappa shape index (κ1) is 21.2. The summed E-state index contributed by atoms with van der Waals surface area (Å²) in [5, 5.41) is 14.4. The number of rotatable bonds is 6. The molecule has 32 heavy (non-hydrogen) atoms. The van der Waals surface area contributed by atoms with Gasteiger partial charge in [0.1, 0.15) is 17.8 Å². The van der Waals surface area contributed by atoms with Crippen LogP contribution in [0, 0.1) is 5.92 Å². The minimum absolute atomic E-state index is 0.164. The number of aliphatic hydroxyl groups excluding tert-OH is 1. The number of fused-ring (bicyclic) bond motifs is 1. The van der Waals surface area contributed by atoms with Crippen molar-refractivity contribution in [1.29, 1.82) is 0 Å². The molecule has 0 spiro atoms. The highest BCUT2D eigenvalue weighted by atomic mass is 19.4. The predicted octanol–water partition coefficient (Wildman–Crippen LogP) is 3.59. The van der Waals surface area contributed by atoms with Crippen LogP contribution in [0.4, 0.5) is 19.0 Å². The number of hydrogen-bond acceptors (Lipinski definition) is 5. The van der Waals surface area contributed by atoms with Gasteiger partial charge in [0, 0.05) is 37.8 Å². The van der Waals surface area contributed by atoms with Gasteiger partial charge in [0.2, 0.25) is 0 Å². The van der Waals surface area contributed by atoms with E-state index in [9.17, 15) is 18.3 Å². The van der Waals surface area contributed by atoms with Gasteiger partial charge in [0.25, 0.3) is 0 Å². The summed E-state index contributed by atoms with van der Waals surface area (Å²) in [7, 11) is 0. The van der Waals surface area contributed by atoms with Crippen LogP contribution in [0.2, 0.25) is 0 Å². The van der Waals surface area contributed by atoms with Gasteiger partial charge in [-0.1, -0.05) is 12.1 Å². The van der Waals surface area contributed by atoms with Crippen molar-refractivity contribution >= 4 is 16.9 Å². The molecule has 9 heteroatoms. The second kappa shape index (κ2) is 8.37. The molecule has 1 aliphatic carbocycles. The van der Waals surface area contributed by atoms with Crippen molar-refractivity contribution in [2.75, 3.05) is 18.0 Å². The summed E-state index contributed by atoms with van der Waals surface area (Å²) in [5.41, 5.74) is 0.994. The molecule has 0 unspecified atom stereocenters. The van der Waals surface area contributed by atoms with Crippen LogP contribution in [0.1, 0.15) is 30.4 Å². The van der Waals surface area contributed by atoms with Crippen LogP contribution in [0.5, 0.6) is 0 Å². The van der Waals surface area contributed by atoms with E-state index < -0.39 is 11.7 Å². The summed E-state index contributed by atoms with van der Waals surface area (Å²) in [6.07, 6.45) is 1.79. The number of nitrogens with one attached hydrogen (secondary N) is 1. The highest BCUT2D eigenvalue weighted by Crippen LogP contribution is 2.36. The Kier molecular flexibility index (Phi) is 5.54. The Hall–Kier alpha value is -2.65. The van der Waals surface area contributed by atoms with Gasteiger partial charge in [-0.2, -0.15) is 13.2 Å². The molecule has 0 amide bonds. The molecule has 1 aromatic carbocycles. The third kappa shape index (κ3) is 4.31. The second-order valence-corrected chi connectivity index (χ2v) is 8.78. The summed E-state index contributed by atoms with van der Waals surface area (Å²) in [6, 6.07) is 7.68. The van der Waals surface area contributed by atoms with Crippen LogP contribution in [0.15, 0.2) is 42.9 Å². The molecule has 3 aromatic rings. The minimum atomic E-state index is -4.33. The van der Waals surface area contributed by atoms with Crippen molar-refractivity contribution in [3.8, 4) is 0 Å². The number of piperidine rings is 1. The number of hydrogen-bond donors (Lipinski definition) is 2. The smallest absolute Gasteiger partial charge is 0.391 e. The lowest BCUT2D eigenvalue weighted by atomic mass is 9.95. The summed E-state index contributed by atoms with van der Waals surface area (Å²) in [5.74, 6) is 0.971. The Labute approximate surface area is 184 Å². The maximum atomic E-state index is 12.9. The van der Waals surface area contributed by atoms with E-state index in [4.69, 9.17) is 0 Å². The molecule has 170 valence electrons. The zero-order chi connectivity index (χ0) is 22.3. The number of aliphatic hydroxyl groups is 1. The second-order valence-electron chi connectivity index (χ2n) is 8.78. The number of nitrogens with zero attached hydrogens (tertiary/aromatic N) is 4. The summed E-state index contributed by atoms with van der Waals surface area (Å²) >= 11 is 0. The van der Waals surface area contributed by atoms with Crippen LogP contribution in [-0.2, 0) is 19.3 Å². The number of alkyl halides is 3. The Bertz CT molecular complexity index is 1080. The van der Waals surface area contributed by atoms with E-state index in [2.05, 4.69) is 24.8 Å². The molecule has 2 N–H and O–H groups in total. The van der Waals surface area contributed by atoms with E-state index in [-0.39, 0.29) is 12.0 Å². The topological polar surface area (TPSA) is 66.2 Å². The predicted molar refractivity (Wildman–Crippen MR) is 115 cm³/mol. The molecular formula is C23H26F3N5O. The van der Waals surface area contributed by atoms with Gasteiger partial charge < -0.3 is 19.9 Å². The maximum absolute atomic E-state index is 12.9. The van der Waals surface area contributed by atoms with Crippen molar-refractivity contribution in [3.05, 3.63) is 54.0 Å². The fourth-order valence-corrected chi connectivity index (χ4v) is 4.49. The first-order chi connectivity index (χ1) is 15.4. The molecule has 1 saturated carbocycles. The fraction of sp³-hybridized carbons (Fsp3) is 0.478. The number of anilines is 1. The molecule has 1 aliphatic heterocycles. The van der Waals surface area contributed by atoms with E-state index in [1.165, 1.54) is 0 Å². The first-order valence-electron chi connectivity index (χ1n) is 11.0. The average molecular weight is 445 g/mol. The van der Waals surface area contributed by atoms with Gasteiger partial charge in [-0.25, -0.2) is 9.97 Å². The number of β-amino-alcohol motifs (C(OH)–C–C–N with tert-alkyl or cyclic N) is 1. The van der Waals surface area contributed by atoms with Crippen LogP contribution in [0.3, 0.4) is 0 Å². The number of halogens is 3. The van der Waals surface area contributed by atoms with E-state index in [1.807, 2.05) is 12.3 Å². The van der Waals surface area contributed by atoms with Crippen LogP contribution in [-0.4, -0.2) is 44.9 Å². The molecule has 2 aliphatic rings.